The summed E-state index contributed by atoms with van der Waals surface area (Å²) in [7, 11) is -3.46. The van der Waals surface area contributed by atoms with Gasteiger partial charge in [0.2, 0.25) is 0 Å². The highest BCUT2D eigenvalue weighted by Crippen LogP contribution is 2.27. The number of carbonyl (C=O) groups is 1. The zero-order valence-corrected chi connectivity index (χ0v) is 16.3. The summed E-state index contributed by atoms with van der Waals surface area (Å²) < 4.78 is 26.8. The van der Waals surface area contributed by atoms with Gasteiger partial charge in [0.1, 0.15) is 4.21 Å². The molecular formula is C17H20N2O3S3. The van der Waals surface area contributed by atoms with Crippen LogP contribution >= 0.6 is 23.1 Å². The Morgan fingerprint density at radius 1 is 1.16 bits per heavy atom. The van der Waals surface area contributed by atoms with Gasteiger partial charge in [0.05, 0.1) is 4.88 Å². The fourth-order valence-electron chi connectivity index (χ4n) is 2.65. The van der Waals surface area contributed by atoms with Gasteiger partial charge in [-0.3, -0.25) is 4.79 Å². The van der Waals surface area contributed by atoms with Gasteiger partial charge in [0.25, 0.3) is 15.9 Å². The monoisotopic (exact) mass is 396 g/mol. The van der Waals surface area contributed by atoms with Crippen molar-refractivity contribution in [2.24, 2.45) is 0 Å². The van der Waals surface area contributed by atoms with Gasteiger partial charge in [-0.25, -0.2) is 8.42 Å². The van der Waals surface area contributed by atoms with Crippen molar-refractivity contribution in [3.63, 3.8) is 0 Å². The zero-order chi connectivity index (χ0) is 17.9. The standard InChI is InChI=1S/C17H20N2O3S3/c1-23-14-6-4-13(5-7-14)12-18-17(20)15-8-9-16(24-15)25(21,22)19-10-2-3-11-19/h4-9H,2-3,10-12H2,1H3,(H,18,20). The number of sulfonamides is 1. The van der Waals surface area contributed by atoms with Crippen molar-refractivity contribution < 1.29 is 13.2 Å². The van der Waals surface area contributed by atoms with Gasteiger partial charge in [-0.2, -0.15) is 4.31 Å². The topological polar surface area (TPSA) is 66.5 Å². The third-order valence-electron chi connectivity index (χ3n) is 4.08. The number of nitrogens with zero attached hydrogens (tertiary/aromatic N) is 1. The highest BCUT2D eigenvalue weighted by atomic mass is 32.2. The van der Waals surface area contributed by atoms with Gasteiger partial charge in [-0.05, 0) is 48.9 Å². The lowest BCUT2D eigenvalue weighted by molar-refractivity contribution is 0.0955. The molecule has 1 aromatic carbocycles. The lowest BCUT2D eigenvalue weighted by Gasteiger charge is -2.13. The molecular weight excluding hydrogens is 376 g/mol. The summed E-state index contributed by atoms with van der Waals surface area (Å²) in [4.78, 5) is 13.9. The SMILES string of the molecule is CSc1ccc(CNC(=O)c2ccc(S(=O)(=O)N3CCCC3)s2)cc1. The quantitative estimate of drug-likeness (QED) is 0.762. The first-order chi connectivity index (χ1) is 12.0. The minimum absolute atomic E-state index is 0.240. The lowest BCUT2D eigenvalue weighted by Crippen LogP contribution is -2.27. The van der Waals surface area contributed by atoms with Crippen molar-refractivity contribution >= 4 is 39.0 Å². The van der Waals surface area contributed by atoms with E-state index in [1.807, 2.05) is 30.5 Å². The van der Waals surface area contributed by atoms with Crippen LogP contribution in [0.2, 0.25) is 0 Å². The van der Waals surface area contributed by atoms with E-state index >= 15 is 0 Å². The van der Waals surface area contributed by atoms with E-state index in [9.17, 15) is 13.2 Å². The Balaban J connectivity index is 1.64. The third-order valence-corrected chi connectivity index (χ3v) is 8.27. The van der Waals surface area contributed by atoms with Crippen molar-refractivity contribution in [2.45, 2.75) is 28.5 Å². The summed E-state index contributed by atoms with van der Waals surface area (Å²) in [6.45, 7) is 1.54. The first-order valence-electron chi connectivity index (χ1n) is 8.02. The van der Waals surface area contributed by atoms with Crippen molar-refractivity contribution in [2.75, 3.05) is 19.3 Å². The Morgan fingerprint density at radius 3 is 2.48 bits per heavy atom. The number of carbonyl (C=O) groups excluding carboxylic acids is 1. The highest BCUT2D eigenvalue weighted by Gasteiger charge is 2.29. The van der Waals surface area contributed by atoms with E-state index in [-0.39, 0.29) is 10.1 Å². The smallest absolute Gasteiger partial charge is 0.261 e. The summed E-state index contributed by atoms with van der Waals surface area (Å²) in [5, 5.41) is 2.84. The molecule has 5 nitrogen and oxygen atoms in total. The van der Waals surface area contributed by atoms with Crippen LogP contribution in [-0.4, -0.2) is 38.0 Å². The molecule has 1 fully saturated rings. The molecule has 1 amide bonds. The summed E-state index contributed by atoms with van der Waals surface area (Å²) >= 11 is 2.70. The Morgan fingerprint density at radius 2 is 1.84 bits per heavy atom. The summed E-state index contributed by atoms with van der Waals surface area (Å²) in [6, 6.07) is 11.1. The molecule has 0 spiro atoms. The van der Waals surface area contributed by atoms with Crippen LogP contribution in [0.15, 0.2) is 45.5 Å². The fraction of sp³-hybridized carbons (Fsp3) is 0.353. The number of benzene rings is 1. The molecule has 0 radical (unpaired) electrons. The molecule has 0 atom stereocenters. The van der Waals surface area contributed by atoms with Crippen molar-refractivity contribution in [1.29, 1.82) is 0 Å². The van der Waals surface area contributed by atoms with Crippen LogP contribution in [0.25, 0.3) is 0 Å². The number of amides is 1. The van der Waals surface area contributed by atoms with Gasteiger partial charge >= 0.3 is 0 Å². The van der Waals surface area contributed by atoms with E-state index in [1.54, 1.807) is 17.8 Å². The van der Waals surface area contributed by atoms with Crippen LogP contribution in [0, 0.1) is 0 Å². The second kappa shape index (κ2) is 7.90. The van der Waals surface area contributed by atoms with E-state index < -0.39 is 10.0 Å². The minimum Gasteiger partial charge on any atom is -0.347 e. The maximum Gasteiger partial charge on any atom is 0.261 e. The van der Waals surface area contributed by atoms with Crippen LogP contribution in [0.5, 0.6) is 0 Å². The Kier molecular flexibility index (Phi) is 5.83. The van der Waals surface area contributed by atoms with Gasteiger partial charge in [0.15, 0.2) is 0 Å². The van der Waals surface area contributed by atoms with Crippen LogP contribution in [0.4, 0.5) is 0 Å². The van der Waals surface area contributed by atoms with E-state index in [2.05, 4.69) is 5.32 Å². The number of hydrogen-bond donors (Lipinski definition) is 1. The minimum atomic E-state index is -3.46. The molecule has 3 rings (SSSR count). The normalized spacial score (nSPS) is 15.4. The fourth-order valence-corrected chi connectivity index (χ4v) is 5.95. The molecule has 25 heavy (non-hydrogen) atoms. The number of hydrogen-bond acceptors (Lipinski definition) is 5. The Hall–Kier alpha value is -1.35. The predicted molar refractivity (Wildman–Crippen MR) is 102 cm³/mol. The van der Waals surface area contributed by atoms with Crippen LogP contribution in [0.3, 0.4) is 0 Å². The van der Waals surface area contributed by atoms with Gasteiger partial charge in [-0.1, -0.05) is 12.1 Å². The number of nitrogens with one attached hydrogen (secondary N) is 1. The van der Waals surface area contributed by atoms with Gasteiger partial charge in [0, 0.05) is 24.5 Å². The molecule has 1 saturated heterocycles. The van der Waals surface area contributed by atoms with Crippen molar-refractivity contribution in [3.05, 3.63) is 46.8 Å². The highest BCUT2D eigenvalue weighted by molar-refractivity contribution is 7.98. The Bertz CT molecular complexity index is 838. The zero-order valence-electron chi connectivity index (χ0n) is 13.9. The summed E-state index contributed by atoms with van der Waals surface area (Å²) in [5.41, 5.74) is 1.01. The summed E-state index contributed by atoms with van der Waals surface area (Å²) in [5.74, 6) is -0.248. The molecule has 1 aromatic heterocycles. The predicted octanol–water partition coefficient (Wildman–Crippen LogP) is 3.18. The Labute approximate surface area is 156 Å². The first-order valence-corrected chi connectivity index (χ1v) is 11.5. The molecule has 134 valence electrons. The van der Waals surface area contributed by atoms with Gasteiger partial charge in [-0.15, -0.1) is 23.1 Å². The lowest BCUT2D eigenvalue weighted by atomic mass is 10.2. The molecule has 0 saturated carbocycles. The number of thioether (sulfide) groups is 1. The molecule has 2 heterocycles. The second-order valence-electron chi connectivity index (χ2n) is 5.76. The molecule has 1 N–H and O–H groups in total. The number of thiophene rings is 1. The van der Waals surface area contributed by atoms with E-state index in [1.165, 1.54) is 15.3 Å². The molecule has 1 aliphatic rings. The molecule has 1 aliphatic heterocycles. The van der Waals surface area contributed by atoms with Crippen molar-refractivity contribution in [1.82, 2.24) is 9.62 Å². The maximum atomic E-state index is 12.5. The van der Waals surface area contributed by atoms with Crippen LogP contribution in [-0.2, 0) is 16.6 Å². The van der Waals surface area contributed by atoms with E-state index in [0.717, 1.165) is 29.7 Å². The first kappa shape index (κ1) is 18.4. The number of rotatable bonds is 6. The van der Waals surface area contributed by atoms with Crippen LogP contribution < -0.4 is 5.32 Å². The van der Waals surface area contributed by atoms with E-state index in [0.29, 0.717) is 24.5 Å². The van der Waals surface area contributed by atoms with E-state index in [4.69, 9.17) is 0 Å². The molecule has 2 aromatic rings. The largest absolute Gasteiger partial charge is 0.347 e. The molecule has 8 heteroatoms. The second-order valence-corrected chi connectivity index (χ2v) is 9.89. The molecule has 0 bridgehead atoms. The average molecular weight is 397 g/mol. The van der Waals surface area contributed by atoms with Crippen molar-refractivity contribution in [3.8, 4) is 0 Å². The maximum absolute atomic E-state index is 12.5. The van der Waals surface area contributed by atoms with Crippen LogP contribution in [0.1, 0.15) is 28.1 Å². The third kappa shape index (κ3) is 4.25. The molecule has 0 aliphatic carbocycles. The summed E-state index contributed by atoms with van der Waals surface area (Å²) in [6.07, 6.45) is 3.81. The molecule has 0 unspecified atom stereocenters. The van der Waals surface area contributed by atoms with Gasteiger partial charge < -0.3 is 5.32 Å². The average Bonchev–Trinajstić information content (AvgIpc) is 3.32.